The van der Waals surface area contributed by atoms with E-state index in [0.717, 1.165) is 30.0 Å². The van der Waals surface area contributed by atoms with Crippen molar-refractivity contribution in [3.8, 4) is 0 Å². The molecule has 3 nitrogen and oxygen atoms in total. The molecule has 1 aliphatic carbocycles. The van der Waals surface area contributed by atoms with Gasteiger partial charge in [0.15, 0.2) is 0 Å². The first kappa shape index (κ1) is 10.9. The van der Waals surface area contributed by atoms with Gasteiger partial charge in [-0.1, -0.05) is 6.07 Å². The third kappa shape index (κ3) is 1.98. The maximum Gasteiger partial charge on any atom is 0.122 e. The fourth-order valence-electron chi connectivity index (χ4n) is 2.51. The number of rotatable bonds is 2. The van der Waals surface area contributed by atoms with Gasteiger partial charge in [0.2, 0.25) is 0 Å². The zero-order valence-corrected chi connectivity index (χ0v) is 10.2. The highest BCUT2D eigenvalue weighted by atomic mass is 32.1. The molecule has 2 heterocycles. The molecule has 2 atom stereocenters. The maximum absolute atomic E-state index is 10.4. The number of aliphatic hydroxyl groups excluding tert-OH is 1. The Morgan fingerprint density at radius 3 is 3.12 bits per heavy atom. The van der Waals surface area contributed by atoms with Crippen LogP contribution in [-0.4, -0.2) is 15.1 Å². The topological polar surface area (TPSA) is 46.0 Å². The van der Waals surface area contributed by atoms with Gasteiger partial charge in [0.1, 0.15) is 11.1 Å². The van der Waals surface area contributed by atoms with Crippen LogP contribution in [0, 0.1) is 0 Å². The molecule has 2 aromatic rings. The van der Waals surface area contributed by atoms with Crippen LogP contribution in [0.3, 0.4) is 0 Å². The van der Waals surface area contributed by atoms with Crippen LogP contribution in [0.1, 0.15) is 41.1 Å². The van der Waals surface area contributed by atoms with Crippen molar-refractivity contribution in [2.75, 3.05) is 0 Å². The second-order valence-corrected chi connectivity index (χ2v) is 5.29. The number of fused-ring (bicyclic) bond motifs is 1. The predicted molar refractivity (Wildman–Crippen MR) is 67.0 cm³/mol. The van der Waals surface area contributed by atoms with Gasteiger partial charge in [0.05, 0.1) is 0 Å². The summed E-state index contributed by atoms with van der Waals surface area (Å²) in [6.07, 6.45) is 6.22. The van der Waals surface area contributed by atoms with E-state index in [2.05, 4.69) is 16.0 Å². The SMILES string of the molecule is OC(c1nccs1)C1CCCc2cccnc21. The fourth-order valence-corrected chi connectivity index (χ4v) is 3.19. The van der Waals surface area contributed by atoms with Gasteiger partial charge in [-0.15, -0.1) is 11.3 Å². The summed E-state index contributed by atoms with van der Waals surface area (Å²) < 4.78 is 0. The Bertz CT molecular complexity index is 498. The normalized spacial score (nSPS) is 20.9. The molecule has 1 aliphatic rings. The van der Waals surface area contributed by atoms with Crippen LogP contribution in [0.5, 0.6) is 0 Å². The summed E-state index contributed by atoms with van der Waals surface area (Å²) in [5.74, 6) is 0.103. The van der Waals surface area contributed by atoms with E-state index in [0.29, 0.717) is 0 Å². The Labute approximate surface area is 104 Å². The van der Waals surface area contributed by atoms with Gasteiger partial charge < -0.3 is 5.11 Å². The highest BCUT2D eigenvalue weighted by Crippen LogP contribution is 2.39. The average Bonchev–Trinajstić information content (AvgIpc) is 2.91. The lowest BCUT2D eigenvalue weighted by Gasteiger charge is -2.27. The van der Waals surface area contributed by atoms with Gasteiger partial charge in [-0.25, -0.2) is 4.98 Å². The molecule has 1 N–H and O–H groups in total. The van der Waals surface area contributed by atoms with Crippen LogP contribution in [0.2, 0.25) is 0 Å². The molecule has 0 spiro atoms. The first-order valence-electron chi connectivity index (χ1n) is 5.87. The molecule has 88 valence electrons. The van der Waals surface area contributed by atoms with Crippen molar-refractivity contribution in [2.24, 2.45) is 0 Å². The lowest BCUT2D eigenvalue weighted by Crippen LogP contribution is -2.18. The van der Waals surface area contributed by atoms with E-state index in [1.54, 1.807) is 6.20 Å². The molecule has 2 unspecified atom stereocenters. The number of thiazole rings is 1. The predicted octanol–water partition coefficient (Wildman–Crippen LogP) is 2.69. The molecule has 0 aromatic carbocycles. The van der Waals surface area contributed by atoms with Crippen LogP contribution in [0.15, 0.2) is 29.9 Å². The zero-order valence-electron chi connectivity index (χ0n) is 9.41. The van der Waals surface area contributed by atoms with Gasteiger partial charge in [0, 0.05) is 29.4 Å². The summed E-state index contributed by atoms with van der Waals surface area (Å²) in [5.41, 5.74) is 2.33. The highest BCUT2D eigenvalue weighted by Gasteiger charge is 2.29. The minimum absolute atomic E-state index is 0.103. The first-order valence-corrected chi connectivity index (χ1v) is 6.75. The van der Waals surface area contributed by atoms with E-state index < -0.39 is 6.10 Å². The van der Waals surface area contributed by atoms with Crippen molar-refractivity contribution in [3.63, 3.8) is 0 Å². The van der Waals surface area contributed by atoms with Crippen molar-refractivity contribution >= 4 is 11.3 Å². The van der Waals surface area contributed by atoms with Crippen molar-refractivity contribution in [2.45, 2.75) is 31.3 Å². The van der Waals surface area contributed by atoms with Gasteiger partial charge in [-0.2, -0.15) is 0 Å². The van der Waals surface area contributed by atoms with Crippen LogP contribution >= 0.6 is 11.3 Å². The molecule has 3 rings (SSSR count). The Kier molecular flexibility index (Phi) is 2.91. The Morgan fingerprint density at radius 2 is 2.29 bits per heavy atom. The van der Waals surface area contributed by atoms with Crippen LogP contribution in [0.4, 0.5) is 0 Å². The minimum Gasteiger partial charge on any atom is -0.385 e. The first-order chi connectivity index (χ1) is 8.36. The summed E-state index contributed by atoms with van der Waals surface area (Å²) in [7, 11) is 0. The summed E-state index contributed by atoms with van der Waals surface area (Å²) >= 11 is 1.51. The van der Waals surface area contributed by atoms with Gasteiger partial charge in [-0.3, -0.25) is 4.98 Å². The quantitative estimate of drug-likeness (QED) is 0.886. The molecular weight excluding hydrogens is 232 g/mol. The van der Waals surface area contributed by atoms with E-state index in [1.807, 2.05) is 17.6 Å². The maximum atomic E-state index is 10.4. The fraction of sp³-hybridized carbons (Fsp3) is 0.385. The Hall–Kier alpha value is -1.26. The molecule has 4 heteroatoms. The summed E-state index contributed by atoms with van der Waals surface area (Å²) in [5, 5.41) is 13.1. The molecule has 0 radical (unpaired) electrons. The number of hydrogen-bond acceptors (Lipinski definition) is 4. The standard InChI is InChI=1S/C13H14N2OS/c16-12(13-15-7-8-17-13)10-5-1-3-9-4-2-6-14-11(9)10/h2,4,6-8,10,12,16H,1,3,5H2. The molecule has 0 saturated heterocycles. The second kappa shape index (κ2) is 4.55. The largest absolute Gasteiger partial charge is 0.385 e. The molecular formula is C13H14N2OS. The minimum atomic E-state index is -0.510. The van der Waals surface area contributed by atoms with Crippen molar-refractivity contribution in [1.82, 2.24) is 9.97 Å². The molecule has 0 fully saturated rings. The van der Waals surface area contributed by atoms with Crippen LogP contribution < -0.4 is 0 Å². The van der Waals surface area contributed by atoms with Crippen LogP contribution in [0.25, 0.3) is 0 Å². The van der Waals surface area contributed by atoms with Gasteiger partial charge in [0.25, 0.3) is 0 Å². The number of pyridine rings is 1. The molecule has 0 aliphatic heterocycles. The number of aliphatic hydroxyl groups is 1. The lowest BCUT2D eigenvalue weighted by molar-refractivity contribution is 0.133. The lowest BCUT2D eigenvalue weighted by atomic mass is 9.83. The van der Waals surface area contributed by atoms with Crippen molar-refractivity contribution < 1.29 is 5.11 Å². The Balaban J connectivity index is 1.95. The molecule has 0 saturated carbocycles. The van der Waals surface area contributed by atoms with E-state index >= 15 is 0 Å². The summed E-state index contributed by atoms with van der Waals surface area (Å²) in [6, 6.07) is 4.08. The third-order valence-corrected chi connectivity index (χ3v) is 4.17. The second-order valence-electron chi connectivity index (χ2n) is 4.36. The average molecular weight is 246 g/mol. The smallest absolute Gasteiger partial charge is 0.122 e. The number of hydrogen-bond donors (Lipinski definition) is 1. The monoisotopic (exact) mass is 246 g/mol. The van der Waals surface area contributed by atoms with Gasteiger partial charge >= 0.3 is 0 Å². The molecule has 0 bridgehead atoms. The highest BCUT2D eigenvalue weighted by molar-refractivity contribution is 7.09. The molecule has 0 amide bonds. The van der Waals surface area contributed by atoms with E-state index in [-0.39, 0.29) is 5.92 Å². The van der Waals surface area contributed by atoms with E-state index in [4.69, 9.17) is 0 Å². The Morgan fingerprint density at radius 1 is 1.35 bits per heavy atom. The summed E-state index contributed by atoms with van der Waals surface area (Å²) in [6.45, 7) is 0. The van der Waals surface area contributed by atoms with E-state index in [1.165, 1.54) is 16.9 Å². The number of aryl methyl sites for hydroxylation is 1. The number of nitrogens with zero attached hydrogens (tertiary/aromatic N) is 2. The molecule has 17 heavy (non-hydrogen) atoms. The summed E-state index contributed by atoms with van der Waals surface area (Å²) in [4.78, 5) is 8.65. The van der Waals surface area contributed by atoms with E-state index in [9.17, 15) is 5.11 Å². The van der Waals surface area contributed by atoms with Crippen LogP contribution in [-0.2, 0) is 6.42 Å². The third-order valence-electron chi connectivity index (χ3n) is 3.32. The van der Waals surface area contributed by atoms with Gasteiger partial charge in [-0.05, 0) is 30.9 Å². The number of aromatic nitrogens is 2. The zero-order chi connectivity index (χ0) is 11.7. The molecule has 2 aromatic heterocycles. The van der Waals surface area contributed by atoms with Crippen molar-refractivity contribution in [3.05, 3.63) is 46.2 Å². The van der Waals surface area contributed by atoms with Crippen molar-refractivity contribution in [1.29, 1.82) is 0 Å².